The highest BCUT2D eigenvalue weighted by Crippen LogP contribution is 2.25. The van der Waals surface area contributed by atoms with Crippen LogP contribution >= 0.6 is 0 Å². The van der Waals surface area contributed by atoms with Crippen LogP contribution in [0.15, 0.2) is 42.0 Å². The monoisotopic (exact) mass is 211 g/mol. The second-order valence-electron chi connectivity index (χ2n) is 4.28. The first-order valence-corrected chi connectivity index (χ1v) is 5.44. The predicted octanol–water partition coefficient (Wildman–Crippen LogP) is 2.81. The molecule has 0 N–H and O–H groups in total. The molecule has 0 aromatic heterocycles. The Morgan fingerprint density at radius 1 is 0.938 bits per heavy atom. The number of aryl methyl sites for hydroxylation is 3. The third-order valence-electron chi connectivity index (χ3n) is 2.83. The Morgan fingerprint density at radius 2 is 1.44 bits per heavy atom. The summed E-state index contributed by atoms with van der Waals surface area (Å²) in [5, 5.41) is 12.3. The maximum atomic E-state index is 12.3. The van der Waals surface area contributed by atoms with Crippen molar-refractivity contribution in [3.05, 3.63) is 64.3 Å². The Bertz CT molecular complexity index is 479. The van der Waals surface area contributed by atoms with Crippen molar-refractivity contribution in [2.24, 2.45) is 0 Å². The van der Waals surface area contributed by atoms with Crippen LogP contribution < -0.4 is 5.11 Å². The van der Waals surface area contributed by atoms with Gasteiger partial charge in [-0.3, -0.25) is 0 Å². The molecule has 0 radical (unpaired) electrons. The van der Waals surface area contributed by atoms with E-state index < -0.39 is 0 Å². The van der Waals surface area contributed by atoms with E-state index in [-0.39, 0.29) is 5.76 Å². The SMILES string of the molecule is Cc1cc(C)c(C([O-])=C2C=CC=C2)c(C)c1. The first kappa shape index (κ1) is 10.7. The van der Waals surface area contributed by atoms with Gasteiger partial charge in [-0.2, -0.15) is 0 Å². The average molecular weight is 211 g/mol. The van der Waals surface area contributed by atoms with Gasteiger partial charge in [-0.1, -0.05) is 47.8 Å². The summed E-state index contributed by atoms with van der Waals surface area (Å²) in [6, 6.07) is 4.12. The zero-order valence-electron chi connectivity index (χ0n) is 9.87. The number of rotatable bonds is 1. The van der Waals surface area contributed by atoms with Crippen LogP contribution in [-0.4, -0.2) is 0 Å². The summed E-state index contributed by atoms with van der Waals surface area (Å²) in [5.74, 6) is 0.125. The molecule has 0 heterocycles. The maximum Gasteiger partial charge on any atom is -0.0271 e. The lowest BCUT2D eigenvalue weighted by Crippen LogP contribution is -2.08. The highest BCUT2D eigenvalue weighted by Gasteiger charge is 2.05. The van der Waals surface area contributed by atoms with Gasteiger partial charge in [-0.25, -0.2) is 0 Å². The molecular weight excluding hydrogens is 196 g/mol. The minimum atomic E-state index is 0.125. The molecule has 0 aliphatic heterocycles. The van der Waals surface area contributed by atoms with E-state index in [0.717, 1.165) is 22.3 Å². The largest absolute Gasteiger partial charge is 0.872 e. The standard InChI is InChI=1S/C15H16O/c1-10-8-11(2)14(12(3)9-10)15(16)13-6-4-5-7-13/h4-9,16H,1-3H3/p-1. The van der Waals surface area contributed by atoms with Gasteiger partial charge in [0.15, 0.2) is 0 Å². The van der Waals surface area contributed by atoms with Crippen LogP contribution in [0.2, 0.25) is 0 Å². The predicted molar refractivity (Wildman–Crippen MR) is 65.9 cm³/mol. The zero-order valence-corrected chi connectivity index (χ0v) is 9.87. The molecule has 82 valence electrons. The molecule has 0 saturated heterocycles. The molecule has 2 rings (SSSR count). The van der Waals surface area contributed by atoms with Crippen molar-refractivity contribution in [2.75, 3.05) is 0 Å². The lowest BCUT2D eigenvalue weighted by Gasteiger charge is -2.20. The quantitative estimate of drug-likeness (QED) is 0.655. The average Bonchev–Trinajstić information content (AvgIpc) is 2.67. The second-order valence-corrected chi connectivity index (χ2v) is 4.28. The smallest absolute Gasteiger partial charge is 0.0271 e. The normalized spacial score (nSPS) is 13.6. The van der Waals surface area contributed by atoms with E-state index in [2.05, 4.69) is 19.1 Å². The van der Waals surface area contributed by atoms with Gasteiger partial charge in [-0.15, -0.1) is 0 Å². The Labute approximate surface area is 96.4 Å². The van der Waals surface area contributed by atoms with Gasteiger partial charge in [0.05, 0.1) is 0 Å². The molecule has 1 aromatic carbocycles. The molecule has 0 bridgehead atoms. The van der Waals surface area contributed by atoms with Gasteiger partial charge in [0.1, 0.15) is 0 Å². The van der Waals surface area contributed by atoms with E-state index in [0.29, 0.717) is 0 Å². The van der Waals surface area contributed by atoms with Crippen molar-refractivity contribution in [2.45, 2.75) is 20.8 Å². The van der Waals surface area contributed by atoms with Crippen LogP contribution in [0.5, 0.6) is 0 Å². The van der Waals surface area contributed by atoms with E-state index in [1.165, 1.54) is 5.56 Å². The molecule has 1 aliphatic carbocycles. The third-order valence-corrected chi connectivity index (χ3v) is 2.83. The molecule has 0 spiro atoms. The van der Waals surface area contributed by atoms with Crippen molar-refractivity contribution >= 4 is 5.76 Å². The van der Waals surface area contributed by atoms with Gasteiger partial charge in [-0.05, 0) is 43.0 Å². The molecule has 1 nitrogen and oxygen atoms in total. The van der Waals surface area contributed by atoms with Gasteiger partial charge in [0.2, 0.25) is 0 Å². The van der Waals surface area contributed by atoms with Gasteiger partial charge in [0, 0.05) is 0 Å². The number of allylic oxidation sites excluding steroid dienone is 5. The Kier molecular flexibility index (Phi) is 2.69. The van der Waals surface area contributed by atoms with Crippen molar-refractivity contribution in [3.63, 3.8) is 0 Å². The fourth-order valence-corrected chi connectivity index (χ4v) is 2.21. The van der Waals surface area contributed by atoms with Crippen molar-refractivity contribution < 1.29 is 5.11 Å². The molecule has 0 fully saturated rings. The highest BCUT2D eigenvalue weighted by molar-refractivity contribution is 5.72. The fraction of sp³-hybridized carbons (Fsp3) is 0.200. The van der Waals surface area contributed by atoms with Crippen LogP contribution in [0.3, 0.4) is 0 Å². The molecule has 16 heavy (non-hydrogen) atoms. The minimum Gasteiger partial charge on any atom is -0.872 e. The molecule has 0 amide bonds. The van der Waals surface area contributed by atoms with Gasteiger partial charge >= 0.3 is 0 Å². The minimum absolute atomic E-state index is 0.125. The number of hydrogen-bond acceptors (Lipinski definition) is 1. The zero-order chi connectivity index (χ0) is 11.7. The van der Waals surface area contributed by atoms with Crippen molar-refractivity contribution in [1.82, 2.24) is 0 Å². The summed E-state index contributed by atoms with van der Waals surface area (Å²) in [4.78, 5) is 0. The molecule has 0 saturated carbocycles. The number of benzene rings is 1. The fourth-order valence-electron chi connectivity index (χ4n) is 2.21. The molecule has 1 aromatic rings. The van der Waals surface area contributed by atoms with E-state index in [9.17, 15) is 5.11 Å². The maximum absolute atomic E-state index is 12.3. The summed E-state index contributed by atoms with van der Waals surface area (Å²) < 4.78 is 0. The van der Waals surface area contributed by atoms with Gasteiger partial charge in [0.25, 0.3) is 0 Å². The van der Waals surface area contributed by atoms with Crippen LogP contribution in [-0.2, 0) is 0 Å². The second kappa shape index (κ2) is 4.01. The third kappa shape index (κ3) is 1.81. The summed E-state index contributed by atoms with van der Waals surface area (Å²) >= 11 is 0. The van der Waals surface area contributed by atoms with Crippen LogP contribution in [0.1, 0.15) is 22.3 Å². The van der Waals surface area contributed by atoms with Crippen molar-refractivity contribution in [1.29, 1.82) is 0 Å². The summed E-state index contributed by atoms with van der Waals surface area (Å²) in [5.41, 5.74) is 4.94. The Hall–Kier alpha value is -1.76. The van der Waals surface area contributed by atoms with Crippen molar-refractivity contribution in [3.8, 4) is 0 Å². The first-order chi connectivity index (χ1) is 7.59. The van der Waals surface area contributed by atoms with Crippen LogP contribution in [0, 0.1) is 20.8 Å². The summed E-state index contributed by atoms with van der Waals surface area (Å²) in [7, 11) is 0. The number of hydrogen-bond donors (Lipinski definition) is 0. The van der Waals surface area contributed by atoms with Crippen LogP contribution in [0.25, 0.3) is 5.76 Å². The molecule has 1 aliphatic rings. The lowest BCUT2D eigenvalue weighted by atomic mass is 9.96. The summed E-state index contributed by atoms with van der Waals surface area (Å²) in [6.07, 6.45) is 7.51. The summed E-state index contributed by atoms with van der Waals surface area (Å²) in [6.45, 7) is 6.04. The van der Waals surface area contributed by atoms with E-state index in [1.807, 2.05) is 38.2 Å². The van der Waals surface area contributed by atoms with Crippen LogP contribution in [0.4, 0.5) is 0 Å². The molecule has 1 heteroatoms. The van der Waals surface area contributed by atoms with E-state index >= 15 is 0 Å². The topological polar surface area (TPSA) is 23.1 Å². The molecular formula is C15H15O-. The van der Waals surface area contributed by atoms with E-state index in [4.69, 9.17) is 0 Å². The Morgan fingerprint density at radius 3 is 1.94 bits per heavy atom. The van der Waals surface area contributed by atoms with Gasteiger partial charge < -0.3 is 5.11 Å². The van der Waals surface area contributed by atoms with E-state index in [1.54, 1.807) is 0 Å². The molecule has 0 atom stereocenters. The molecule has 0 unspecified atom stereocenters. The first-order valence-electron chi connectivity index (χ1n) is 5.44. The highest BCUT2D eigenvalue weighted by atomic mass is 16.3. The lowest BCUT2D eigenvalue weighted by molar-refractivity contribution is -0.244. The Balaban J connectivity index is 2.61.